The van der Waals surface area contributed by atoms with Gasteiger partial charge in [0.05, 0.1) is 32.0 Å². The summed E-state index contributed by atoms with van der Waals surface area (Å²) in [6.07, 6.45) is 2.33. The second-order valence-corrected chi connectivity index (χ2v) is 17.0. The van der Waals surface area contributed by atoms with Gasteiger partial charge in [-0.25, -0.2) is 19.6 Å². The molecule has 4 aromatic rings. The lowest BCUT2D eigenvalue weighted by Gasteiger charge is -2.45. The minimum Gasteiger partial charge on any atom is -0.489 e. The van der Waals surface area contributed by atoms with Gasteiger partial charge in [0.2, 0.25) is 5.91 Å². The first-order chi connectivity index (χ1) is 33.0. The molecule has 2 aliphatic rings. The summed E-state index contributed by atoms with van der Waals surface area (Å²) in [4.78, 5) is 56.2. The zero-order chi connectivity index (χ0) is 48.3. The van der Waals surface area contributed by atoms with Gasteiger partial charge in [-0.2, -0.15) is 0 Å². The Morgan fingerprint density at radius 1 is 0.941 bits per heavy atom. The number of likely N-dealkylation sites (N-methyl/N-ethyl adjacent to an activating group) is 1. The quantitative estimate of drug-likeness (QED) is 0.0587. The van der Waals surface area contributed by atoms with Crippen LogP contribution in [0.5, 0.6) is 5.75 Å². The van der Waals surface area contributed by atoms with Crippen LogP contribution in [0, 0.1) is 5.82 Å². The number of aromatic nitrogens is 1. The number of hydrazine groups is 1. The SMILES string of the molecule is CC=CN(CC(=O)N[C@](C)(C(=O)N(Cc1cccc(N2CC(N(C)CCN3CCOCC3)C2)n1)CC(OCC)OCC)c1ccc(OCc2ccccc2)cc1F)NC(=O)NCc1ccccc1. The van der Waals surface area contributed by atoms with Crippen molar-refractivity contribution in [3.05, 3.63) is 138 Å². The fourth-order valence-electron chi connectivity index (χ4n) is 8.09. The van der Waals surface area contributed by atoms with Crippen molar-refractivity contribution in [2.45, 2.75) is 65.3 Å². The number of allylic oxidation sites excluding steroid dienone is 1. The summed E-state index contributed by atoms with van der Waals surface area (Å²) < 4.78 is 40.1. The Bertz CT molecular complexity index is 2220. The van der Waals surface area contributed by atoms with Gasteiger partial charge in [-0.3, -0.25) is 24.4 Å². The molecular formula is C51H68FN9O7. The minimum atomic E-state index is -2.01. The van der Waals surface area contributed by atoms with Gasteiger partial charge in [0.15, 0.2) is 6.29 Å². The molecule has 1 atom stereocenters. The van der Waals surface area contributed by atoms with Crippen LogP contribution in [0.15, 0.2) is 109 Å². The molecule has 1 aromatic heterocycles. The van der Waals surface area contributed by atoms with E-state index in [9.17, 15) is 9.59 Å². The van der Waals surface area contributed by atoms with E-state index in [0.717, 1.165) is 69.4 Å². The molecule has 17 heteroatoms. The predicted molar refractivity (Wildman–Crippen MR) is 259 cm³/mol. The standard InChI is InChI=1S/C51H68FN9O7/c1-6-24-61(56-50(64)53-32-39-16-11-9-12-17-39)36-47(62)55-51(4,44-23-22-43(31-45(44)52)68-38-40-18-13-10-14-19-40)49(63)60(37-48(66-7-2)67-8-3)33-41-20-15-21-46(54-41)59-34-42(35-59)57(5)25-26-58-27-29-65-30-28-58/h6,9-24,31,42,48H,7-8,25-30,32-38H2,1-5H3,(H,55,62)(H2,53,56,64)/t51-/m0/s1. The van der Waals surface area contributed by atoms with Crippen molar-refractivity contribution in [2.24, 2.45) is 0 Å². The molecule has 2 saturated heterocycles. The average Bonchev–Trinajstić information content (AvgIpc) is 3.32. The first-order valence-electron chi connectivity index (χ1n) is 23.5. The van der Waals surface area contributed by atoms with E-state index < -0.39 is 42.0 Å². The molecule has 0 bridgehead atoms. The highest BCUT2D eigenvalue weighted by Gasteiger charge is 2.43. The number of morpholine rings is 1. The van der Waals surface area contributed by atoms with Crippen LogP contribution in [0.2, 0.25) is 0 Å². The molecule has 3 aromatic carbocycles. The Hall–Kier alpha value is -6.11. The summed E-state index contributed by atoms with van der Waals surface area (Å²) in [5.41, 5.74) is 2.93. The fourth-order valence-corrected chi connectivity index (χ4v) is 8.09. The summed E-state index contributed by atoms with van der Waals surface area (Å²) in [7, 11) is 2.16. The van der Waals surface area contributed by atoms with Crippen molar-refractivity contribution in [1.29, 1.82) is 0 Å². The number of rotatable bonds is 25. The van der Waals surface area contributed by atoms with Crippen molar-refractivity contribution in [3.63, 3.8) is 0 Å². The van der Waals surface area contributed by atoms with Gasteiger partial charge in [-0.15, -0.1) is 0 Å². The maximum Gasteiger partial charge on any atom is 0.333 e. The number of urea groups is 1. The molecular weight excluding hydrogens is 870 g/mol. The Kier molecular flexibility index (Phi) is 19.5. The molecule has 0 aliphatic carbocycles. The van der Waals surface area contributed by atoms with Crippen molar-refractivity contribution < 1.29 is 37.7 Å². The highest BCUT2D eigenvalue weighted by Crippen LogP contribution is 2.31. The first-order valence-corrected chi connectivity index (χ1v) is 23.5. The Morgan fingerprint density at radius 2 is 1.63 bits per heavy atom. The number of nitrogens with zero attached hydrogens (tertiary/aromatic N) is 6. The molecule has 68 heavy (non-hydrogen) atoms. The molecule has 2 aliphatic heterocycles. The van der Waals surface area contributed by atoms with Crippen molar-refractivity contribution >= 4 is 23.7 Å². The largest absolute Gasteiger partial charge is 0.489 e. The number of hydrogen-bond acceptors (Lipinski definition) is 12. The lowest BCUT2D eigenvalue weighted by molar-refractivity contribution is -0.164. The van der Waals surface area contributed by atoms with Crippen LogP contribution in [0.1, 0.15) is 50.1 Å². The van der Waals surface area contributed by atoms with Crippen LogP contribution in [0.4, 0.5) is 15.0 Å². The summed E-state index contributed by atoms with van der Waals surface area (Å²) >= 11 is 0. The maximum atomic E-state index is 16.7. The normalized spacial score (nSPS) is 15.2. The molecule has 6 rings (SSSR count). The van der Waals surface area contributed by atoms with Gasteiger partial charge in [-0.05, 0) is 70.1 Å². The second kappa shape index (κ2) is 25.9. The third-order valence-corrected chi connectivity index (χ3v) is 11.9. The lowest BCUT2D eigenvalue weighted by Crippen LogP contribution is -2.60. The van der Waals surface area contributed by atoms with Crippen LogP contribution >= 0.6 is 0 Å². The highest BCUT2D eigenvalue weighted by atomic mass is 19.1. The van der Waals surface area contributed by atoms with E-state index in [1.54, 1.807) is 19.1 Å². The predicted octanol–water partition coefficient (Wildman–Crippen LogP) is 5.26. The summed E-state index contributed by atoms with van der Waals surface area (Å²) in [5.74, 6) is -1.08. The van der Waals surface area contributed by atoms with E-state index >= 15 is 9.18 Å². The number of anilines is 1. The van der Waals surface area contributed by atoms with Crippen molar-refractivity contribution in [3.8, 4) is 5.75 Å². The minimum absolute atomic E-state index is 0.0147. The molecule has 0 spiro atoms. The van der Waals surface area contributed by atoms with E-state index in [0.29, 0.717) is 24.9 Å². The molecule has 0 radical (unpaired) electrons. The van der Waals surface area contributed by atoms with Gasteiger partial charge in [0, 0.05) is 82.9 Å². The molecule has 366 valence electrons. The van der Waals surface area contributed by atoms with Gasteiger partial charge >= 0.3 is 6.03 Å². The molecule has 2 fully saturated rings. The third kappa shape index (κ3) is 14.9. The summed E-state index contributed by atoms with van der Waals surface area (Å²) in [6.45, 7) is 14.4. The van der Waals surface area contributed by atoms with Crippen molar-refractivity contribution in [2.75, 3.05) is 90.7 Å². The van der Waals surface area contributed by atoms with E-state index in [-0.39, 0.29) is 37.6 Å². The maximum absolute atomic E-state index is 16.7. The number of ether oxygens (including phenoxy) is 4. The van der Waals surface area contributed by atoms with E-state index in [1.807, 2.05) is 92.7 Å². The van der Waals surface area contributed by atoms with E-state index in [4.69, 9.17) is 23.9 Å². The molecule has 0 saturated carbocycles. The number of pyridine rings is 1. The van der Waals surface area contributed by atoms with E-state index in [2.05, 4.69) is 37.8 Å². The van der Waals surface area contributed by atoms with Gasteiger partial charge < -0.3 is 39.4 Å². The third-order valence-electron chi connectivity index (χ3n) is 11.9. The van der Waals surface area contributed by atoms with Crippen LogP contribution in [-0.2, 0) is 49.0 Å². The number of nitrogens with one attached hydrogen (secondary N) is 3. The van der Waals surface area contributed by atoms with Crippen molar-refractivity contribution in [1.82, 2.24) is 40.8 Å². The zero-order valence-electron chi connectivity index (χ0n) is 40.1. The summed E-state index contributed by atoms with van der Waals surface area (Å²) in [5, 5.41) is 6.93. The number of amides is 4. The highest BCUT2D eigenvalue weighted by molar-refractivity contribution is 5.93. The lowest BCUT2D eigenvalue weighted by atomic mass is 9.89. The number of halogens is 1. The van der Waals surface area contributed by atoms with Crippen LogP contribution < -0.4 is 25.7 Å². The Morgan fingerprint density at radius 3 is 2.29 bits per heavy atom. The molecule has 4 amide bonds. The monoisotopic (exact) mass is 938 g/mol. The number of carbonyl (C=O) groups excluding carboxylic acids is 3. The Labute approximate surface area is 400 Å². The van der Waals surface area contributed by atoms with Gasteiger partial charge in [0.1, 0.15) is 36.1 Å². The van der Waals surface area contributed by atoms with Crippen LogP contribution in [-0.4, -0.2) is 141 Å². The number of carbonyl (C=O) groups is 3. The zero-order valence-corrected chi connectivity index (χ0v) is 40.1. The molecule has 16 nitrogen and oxygen atoms in total. The topological polar surface area (TPSA) is 153 Å². The summed E-state index contributed by atoms with van der Waals surface area (Å²) in [6, 6.07) is 28.6. The fraction of sp³-hybridized carbons (Fsp3) is 0.451. The number of benzene rings is 3. The van der Waals surface area contributed by atoms with E-state index in [1.165, 1.54) is 35.2 Å². The Balaban J connectivity index is 1.24. The second-order valence-electron chi connectivity index (χ2n) is 17.0. The van der Waals surface area contributed by atoms with Gasteiger partial charge in [0.25, 0.3) is 5.91 Å². The molecule has 3 heterocycles. The van der Waals surface area contributed by atoms with Crippen LogP contribution in [0.3, 0.4) is 0 Å². The average molecular weight is 938 g/mol. The molecule has 3 N–H and O–H groups in total. The smallest absolute Gasteiger partial charge is 0.333 e. The first kappa shape index (κ1) is 51.3. The van der Waals surface area contributed by atoms with Gasteiger partial charge in [-0.1, -0.05) is 72.8 Å². The van der Waals surface area contributed by atoms with Crippen LogP contribution in [0.25, 0.3) is 0 Å². The number of hydrogen-bond donors (Lipinski definition) is 3. The molecule has 0 unspecified atom stereocenters.